The van der Waals surface area contributed by atoms with E-state index in [1.165, 1.54) is 41.1 Å². The predicted molar refractivity (Wildman–Crippen MR) is 135 cm³/mol. The van der Waals surface area contributed by atoms with Crippen molar-refractivity contribution in [3.05, 3.63) is 123 Å². The molecule has 1 atom stereocenters. The summed E-state index contributed by atoms with van der Waals surface area (Å²) in [4.78, 5) is 41.9. The van der Waals surface area contributed by atoms with E-state index in [0.717, 1.165) is 24.3 Å². The lowest BCUT2D eigenvalue weighted by molar-refractivity contribution is -0.137. The van der Waals surface area contributed by atoms with Crippen LogP contribution < -0.4 is 5.56 Å². The number of hydrogen-bond donors (Lipinski definition) is 1. The first-order chi connectivity index (χ1) is 18.0. The third-order valence-electron chi connectivity index (χ3n) is 5.96. The maximum atomic E-state index is 13.6. The zero-order valence-electron chi connectivity index (χ0n) is 19.7. The monoisotopic (exact) mass is 540 g/mol. The number of carbonyl (C=O) groups is 2. The second-order valence-corrected chi connectivity index (χ2v) is 8.97. The standard InChI is InChI=1S/C28H20ClF3N2O4/c29-20-8-9-23(28(30,31)32)22(15-20)19-10-12-34(26(36)14-19)24(16-21-3-1-2-11-33-21)25(35)13-17-4-6-18(7-5-17)27(37)38/h1-12,14-15,24H,13,16H2,(H,37,38). The molecule has 0 saturated heterocycles. The number of halogens is 4. The number of ketones is 1. The quantitative estimate of drug-likeness (QED) is 0.302. The Morgan fingerprint density at radius 3 is 2.34 bits per heavy atom. The van der Waals surface area contributed by atoms with Crippen LogP contribution in [0.1, 0.15) is 33.2 Å². The van der Waals surface area contributed by atoms with Gasteiger partial charge in [-0.05, 0) is 65.2 Å². The number of benzene rings is 2. The van der Waals surface area contributed by atoms with E-state index < -0.39 is 29.3 Å². The fourth-order valence-corrected chi connectivity index (χ4v) is 4.26. The molecule has 2 aromatic heterocycles. The minimum Gasteiger partial charge on any atom is -0.478 e. The van der Waals surface area contributed by atoms with Crippen molar-refractivity contribution < 1.29 is 27.9 Å². The highest BCUT2D eigenvalue weighted by Crippen LogP contribution is 2.38. The summed E-state index contributed by atoms with van der Waals surface area (Å²) in [5, 5.41) is 9.17. The number of Topliss-reactive ketones (excluding diaryl/α,β-unsaturated/α-hetero) is 1. The topological polar surface area (TPSA) is 89.3 Å². The Hall–Kier alpha value is -4.24. The van der Waals surface area contributed by atoms with Crippen molar-refractivity contribution in [2.24, 2.45) is 0 Å². The van der Waals surface area contributed by atoms with Crippen molar-refractivity contribution in [1.82, 2.24) is 9.55 Å². The number of aromatic carboxylic acids is 1. The second-order valence-electron chi connectivity index (χ2n) is 8.53. The molecule has 0 bridgehead atoms. The number of carboxylic acids is 1. The highest BCUT2D eigenvalue weighted by Gasteiger charge is 2.34. The summed E-state index contributed by atoms with van der Waals surface area (Å²) < 4.78 is 41.9. The number of pyridine rings is 2. The number of carboxylic acid groups (broad SMARTS) is 1. The van der Waals surface area contributed by atoms with Crippen LogP contribution in [0.15, 0.2) is 90.0 Å². The molecule has 0 amide bonds. The van der Waals surface area contributed by atoms with Crippen molar-refractivity contribution in [1.29, 1.82) is 0 Å². The van der Waals surface area contributed by atoms with E-state index in [1.807, 2.05) is 0 Å². The van der Waals surface area contributed by atoms with E-state index in [4.69, 9.17) is 16.7 Å². The van der Waals surface area contributed by atoms with Crippen LogP contribution in [-0.4, -0.2) is 26.4 Å². The lowest BCUT2D eigenvalue weighted by Crippen LogP contribution is -2.32. The average molecular weight is 541 g/mol. The molecule has 0 aliphatic rings. The Kier molecular flexibility index (Phi) is 7.78. The molecule has 38 heavy (non-hydrogen) atoms. The molecule has 4 rings (SSSR count). The predicted octanol–water partition coefficient (Wildman–Crippen LogP) is 5.88. The zero-order chi connectivity index (χ0) is 27.4. The highest BCUT2D eigenvalue weighted by molar-refractivity contribution is 6.30. The van der Waals surface area contributed by atoms with Crippen LogP contribution in [0.4, 0.5) is 13.2 Å². The van der Waals surface area contributed by atoms with Gasteiger partial charge in [0.25, 0.3) is 5.56 Å². The Bertz CT molecular complexity index is 1530. The van der Waals surface area contributed by atoms with Crippen LogP contribution in [0.3, 0.4) is 0 Å². The third-order valence-corrected chi connectivity index (χ3v) is 6.20. The van der Waals surface area contributed by atoms with Gasteiger partial charge >= 0.3 is 12.1 Å². The molecule has 4 aromatic rings. The Morgan fingerprint density at radius 1 is 1.00 bits per heavy atom. The number of hydrogen-bond acceptors (Lipinski definition) is 4. The summed E-state index contributed by atoms with van der Waals surface area (Å²) in [7, 11) is 0. The number of rotatable bonds is 8. The largest absolute Gasteiger partial charge is 0.478 e. The van der Waals surface area contributed by atoms with Crippen molar-refractivity contribution in [3.8, 4) is 11.1 Å². The molecule has 1 N–H and O–H groups in total. The van der Waals surface area contributed by atoms with Crippen LogP contribution in [0.25, 0.3) is 11.1 Å². The normalized spacial score (nSPS) is 12.2. The smallest absolute Gasteiger partial charge is 0.417 e. The highest BCUT2D eigenvalue weighted by atomic mass is 35.5. The fourth-order valence-electron chi connectivity index (χ4n) is 4.09. The van der Waals surface area contributed by atoms with Gasteiger partial charge in [0.15, 0.2) is 5.78 Å². The van der Waals surface area contributed by atoms with Gasteiger partial charge in [0.2, 0.25) is 0 Å². The summed E-state index contributed by atoms with van der Waals surface area (Å²) in [5.41, 5.74) is -0.704. The number of aromatic nitrogens is 2. The molecule has 1 unspecified atom stereocenters. The third kappa shape index (κ3) is 6.18. The molecule has 0 aliphatic carbocycles. The number of alkyl halides is 3. The first-order valence-electron chi connectivity index (χ1n) is 11.4. The average Bonchev–Trinajstić information content (AvgIpc) is 2.87. The summed E-state index contributed by atoms with van der Waals surface area (Å²) in [6, 6.07) is 15.4. The Morgan fingerprint density at radius 2 is 1.74 bits per heavy atom. The summed E-state index contributed by atoms with van der Waals surface area (Å²) in [6.45, 7) is 0. The zero-order valence-corrected chi connectivity index (χ0v) is 20.4. The van der Waals surface area contributed by atoms with Gasteiger partial charge in [-0.15, -0.1) is 0 Å². The van der Waals surface area contributed by atoms with Gasteiger partial charge in [-0.2, -0.15) is 13.2 Å². The fraction of sp³-hybridized carbons (Fsp3) is 0.143. The minimum atomic E-state index is -4.66. The molecule has 0 radical (unpaired) electrons. The van der Waals surface area contributed by atoms with E-state index in [-0.39, 0.29) is 40.3 Å². The summed E-state index contributed by atoms with van der Waals surface area (Å²) >= 11 is 5.94. The lowest BCUT2D eigenvalue weighted by Gasteiger charge is -2.20. The van der Waals surface area contributed by atoms with Crippen molar-refractivity contribution in [2.75, 3.05) is 0 Å². The van der Waals surface area contributed by atoms with Crippen LogP contribution in [0.5, 0.6) is 0 Å². The van der Waals surface area contributed by atoms with E-state index in [0.29, 0.717) is 11.3 Å². The molecule has 6 nitrogen and oxygen atoms in total. The van der Waals surface area contributed by atoms with Crippen LogP contribution >= 0.6 is 11.6 Å². The van der Waals surface area contributed by atoms with Gasteiger partial charge in [0, 0.05) is 42.0 Å². The molecule has 2 aromatic carbocycles. The van der Waals surface area contributed by atoms with E-state index >= 15 is 0 Å². The first-order valence-corrected chi connectivity index (χ1v) is 11.7. The van der Waals surface area contributed by atoms with Gasteiger partial charge in [-0.25, -0.2) is 4.79 Å². The first kappa shape index (κ1) is 26.8. The van der Waals surface area contributed by atoms with Crippen LogP contribution in [0.2, 0.25) is 5.02 Å². The molecular weight excluding hydrogens is 521 g/mol. The molecule has 2 heterocycles. The van der Waals surface area contributed by atoms with Crippen LogP contribution in [0, 0.1) is 0 Å². The molecule has 10 heteroatoms. The number of carbonyl (C=O) groups excluding carboxylic acids is 1. The van der Waals surface area contributed by atoms with Gasteiger partial charge in [0.1, 0.15) is 6.04 Å². The van der Waals surface area contributed by atoms with Gasteiger partial charge < -0.3 is 9.67 Å². The number of nitrogens with zero attached hydrogens (tertiary/aromatic N) is 2. The molecule has 194 valence electrons. The van der Waals surface area contributed by atoms with E-state index in [9.17, 15) is 27.6 Å². The van der Waals surface area contributed by atoms with Gasteiger partial charge in [-0.3, -0.25) is 14.6 Å². The summed E-state index contributed by atoms with van der Waals surface area (Å²) in [6.07, 6.45) is -1.86. The Balaban J connectivity index is 1.72. The Labute approximate surface area is 220 Å². The SMILES string of the molecule is O=C(O)c1ccc(CC(=O)C(Cc2ccccn2)n2ccc(-c3cc(Cl)ccc3C(F)(F)F)cc2=O)cc1. The maximum absolute atomic E-state index is 13.6. The van der Waals surface area contributed by atoms with Crippen molar-refractivity contribution in [3.63, 3.8) is 0 Å². The summed E-state index contributed by atoms with van der Waals surface area (Å²) in [5.74, 6) is -1.46. The molecule has 0 fully saturated rings. The molecule has 0 saturated carbocycles. The van der Waals surface area contributed by atoms with Crippen molar-refractivity contribution in [2.45, 2.75) is 25.1 Å². The lowest BCUT2D eigenvalue weighted by atomic mass is 9.97. The minimum absolute atomic E-state index is 0.00868. The molecular formula is C28H20ClF3N2O4. The molecule has 0 aliphatic heterocycles. The maximum Gasteiger partial charge on any atom is 0.417 e. The second kappa shape index (κ2) is 11.0. The van der Waals surface area contributed by atoms with E-state index in [2.05, 4.69) is 4.98 Å². The van der Waals surface area contributed by atoms with Gasteiger partial charge in [-0.1, -0.05) is 29.8 Å². The molecule has 0 spiro atoms. The van der Waals surface area contributed by atoms with Crippen LogP contribution in [-0.2, 0) is 23.8 Å². The van der Waals surface area contributed by atoms with Gasteiger partial charge in [0.05, 0.1) is 11.1 Å². The van der Waals surface area contributed by atoms with Crippen molar-refractivity contribution >= 4 is 23.4 Å². The van der Waals surface area contributed by atoms with E-state index in [1.54, 1.807) is 24.4 Å².